The first-order valence-corrected chi connectivity index (χ1v) is 18.0. The maximum Gasteiger partial charge on any atom is 0.195 e. The Balaban J connectivity index is 1.30. The third kappa shape index (κ3) is 9.00. The molecule has 0 saturated carbocycles. The first-order chi connectivity index (χ1) is 25.6. The molecule has 5 aromatic carbocycles. The van der Waals surface area contributed by atoms with E-state index in [1.54, 1.807) is 0 Å². The van der Waals surface area contributed by atoms with Crippen LogP contribution in [0.25, 0.3) is 11.4 Å². The van der Waals surface area contributed by atoms with Crippen LogP contribution in [0.4, 0.5) is 0 Å². The summed E-state index contributed by atoms with van der Waals surface area (Å²) in [5.41, 5.74) is 6.19. The van der Waals surface area contributed by atoms with Crippen LogP contribution in [0.1, 0.15) is 33.9 Å². The molecule has 1 saturated heterocycles. The molecule has 8 nitrogen and oxygen atoms in total. The summed E-state index contributed by atoms with van der Waals surface area (Å²) in [7, 11) is 0. The molecule has 1 aromatic heterocycles. The topological polar surface area (TPSA) is 79.8 Å². The van der Waals surface area contributed by atoms with Crippen molar-refractivity contribution < 1.29 is 23.7 Å². The Labute approximate surface area is 309 Å². The normalized spacial score (nSPS) is 20.1. The molecular weight excluding hydrogens is 671 g/mol. The summed E-state index contributed by atoms with van der Waals surface area (Å²) < 4.78 is 36.3. The molecule has 266 valence electrons. The lowest BCUT2D eigenvalue weighted by Crippen LogP contribution is -2.58. The minimum absolute atomic E-state index is 0.249. The molecule has 7 rings (SSSR count). The first-order valence-electron chi connectivity index (χ1n) is 17.6. The quantitative estimate of drug-likeness (QED) is 0.107. The largest absolute Gasteiger partial charge is 0.374 e. The third-order valence-corrected chi connectivity index (χ3v) is 9.44. The molecule has 0 bridgehead atoms. The summed E-state index contributed by atoms with van der Waals surface area (Å²) in [4.78, 5) is 0. The minimum atomic E-state index is -0.809. The van der Waals surface area contributed by atoms with E-state index in [0.717, 1.165) is 33.4 Å². The molecule has 5 atom stereocenters. The van der Waals surface area contributed by atoms with Gasteiger partial charge in [-0.3, -0.25) is 9.67 Å². The SMILES string of the molecule is Cc1ccc(-c2n[nH]c(=S)n2[C@H]2[C@H](OCc3ccccc3)O[C@H](COCc3ccccc3)[C@@H](OCc3ccccc3)[C@@H]2OCc2ccccc2)cc1. The van der Waals surface area contributed by atoms with E-state index in [9.17, 15) is 0 Å². The van der Waals surface area contributed by atoms with Gasteiger partial charge in [0, 0.05) is 5.56 Å². The number of nitrogens with one attached hydrogen (secondary N) is 1. The molecule has 0 aliphatic carbocycles. The average molecular weight is 714 g/mol. The second kappa shape index (κ2) is 17.7. The van der Waals surface area contributed by atoms with Gasteiger partial charge in [0.05, 0.1) is 33.0 Å². The fraction of sp³-hybridized carbons (Fsp3) is 0.256. The lowest BCUT2D eigenvalue weighted by Gasteiger charge is -2.46. The van der Waals surface area contributed by atoms with Gasteiger partial charge < -0.3 is 23.7 Å². The number of aromatic nitrogens is 3. The van der Waals surface area contributed by atoms with E-state index in [2.05, 4.69) is 48.4 Å². The van der Waals surface area contributed by atoms with E-state index in [0.29, 0.717) is 37.0 Å². The number of nitrogens with zero attached hydrogens (tertiary/aromatic N) is 2. The van der Waals surface area contributed by atoms with Gasteiger partial charge in [-0.05, 0) is 41.4 Å². The van der Waals surface area contributed by atoms with Gasteiger partial charge in [0.15, 0.2) is 16.9 Å². The lowest BCUT2D eigenvalue weighted by molar-refractivity contribution is -0.302. The first kappa shape index (κ1) is 35.7. The van der Waals surface area contributed by atoms with Gasteiger partial charge in [0.25, 0.3) is 0 Å². The Morgan fingerprint density at radius 1 is 0.615 bits per heavy atom. The van der Waals surface area contributed by atoms with Crippen LogP contribution in [0.15, 0.2) is 146 Å². The highest BCUT2D eigenvalue weighted by Crippen LogP contribution is 2.39. The van der Waals surface area contributed by atoms with Crippen molar-refractivity contribution in [3.8, 4) is 11.4 Å². The zero-order valence-corrected chi connectivity index (χ0v) is 29.9. The zero-order chi connectivity index (χ0) is 35.5. The van der Waals surface area contributed by atoms with E-state index >= 15 is 0 Å². The van der Waals surface area contributed by atoms with Crippen LogP contribution in [-0.2, 0) is 50.1 Å². The summed E-state index contributed by atoms with van der Waals surface area (Å²) in [6.45, 7) is 3.72. The fourth-order valence-corrected chi connectivity index (χ4v) is 6.72. The Hall–Kier alpha value is -4.74. The maximum atomic E-state index is 7.00. The van der Waals surface area contributed by atoms with Crippen LogP contribution >= 0.6 is 12.2 Å². The van der Waals surface area contributed by atoms with Crippen LogP contribution in [0, 0.1) is 11.7 Å². The molecule has 6 aromatic rings. The molecule has 0 unspecified atom stereocenters. The standard InChI is InChI=1S/C43H43N3O5S/c1-31-22-24-36(25-23-31)41-44-45-43(52)46(41)38-40(49-28-34-18-10-4-11-19-34)39(48-27-33-16-8-3-9-17-33)37(30-47-26-32-14-6-2-7-15-32)51-42(38)50-29-35-20-12-5-13-21-35/h2-25,37-40,42H,26-30H2,1H3,(H,45,52)/t37-,38-,39-,40-,42-/m1/s1. The van der Waals surface area contributed by atoms with Gasteiger partial charge >= 0.3 is 0 Å². The van der Waals surface area contributed by atoms with E-state index in [-0.39, 0.29) is 6.61 Å². The van der Waals surface area contributed by atoms with Crippen LogP contribution in [0.5, 0.6) is 0 Å². The monoisotopic (exact) mass is 713 g/mol. The van der Waals surface area contributed by atoms with Gasteiger partial charge in [-0.25, -0.2) is 0 Å². The van der Waals surface area contributed by atoms with Crippen molar-refractivity contribution in [2.24, 2.45) is 0 Å². The number of aryl methyl sites for hydroxylation is 1. The highest BCUT2D eigenvalue weighted by molar-refractivity contribution is 7.71. The zero-order valence-electron chi connectivity index (χ0n) is 29.1. The van der Waals surface area contributed by atoms with Crippen molar-refractivity contribution in [1.29, 1.82) is 0 Å². The molecule has 1 aliphatic heterocycles. The van der Waals surface area contributed by atoms with Gasteiger partial charge in [-0.15, -0.1) is 0 Å². The third-order valence-electron chi connectivity index (χ3n) is 9.15. The summed E-state index contributed by atoms with van der Waals surface area (Å²) in [6, 6.07) is 48.0. The second-order valence-corrected chi connectivity index (χ2v) is 13.3. The molecule has 0 radical (unpaired) electrons. The number of rotatable bonds is 15. The van der Waals surface area contributed by atoms with Crippen molar-refractivity contribution in [2.75, 3.05) is 6.61 Å². The summed E-state index contributed by atoms with van der Waals surface area (Å²) in [5, 5.41) is 7.79. The Morgan fingerprint density at radius 2 is 1.10 bits per heavy atom. The van der Waals surface area contributed by atoms with Crippen LogP contribution < -0.4 is 0 Å². The Bertz CT molecular complexity index is 2010. The second-order valence-electron chi connectivity index (χ2n) is 12.9. The van der Waals surface area contributed by atoms with Crippen molar-refractivity contribution in [3.05, 3.63) is 178 Å². The van der Waals surface area contributed by atoms with E-state index < -0.39 is 30.6 Å². The van der Waals surface area contributed by atoms with Crippen molar-refractivity contribution >= 4 is 12.2 Å². The number of hydrogen-bond acceptors (Lipinski definition) is 7. The van der Waals surface area contributed by atoms with Crippen LogP contribution in [0.2, 0.25) is 0 Å². The predicted octanol–water partition coefficient (Wildman–Crippen LogP) is 8.79. The highest BCUT2D eigenvalue weighted by Gasteiger charge is 2.50. The number of aromatic amines is 1. The average Bonchev–Trinajstić information content (AvgIpc) is 3.57. The molecule has 0 amide bonds. The van der Waals surface area contributed by atoms with E-state index in [4.69, 9.17) is 41.0 Å². The summed E-state index contributed by atoms with van der Waals surface area (Å²) in [5.74, 6) is 0.654. The molecule has 9 heteroatoms. The van der Waals surface area contributed by atoms with Gasteiger partial charge in [0.2, 0.25) is 0 Å². The number of ether oxygens (including phenoxy) is 5. The molecule has 52 heavy (non-hydrogen) atoms. The molecule has 1 N–H and O–H groups in total. The molecule has 1 aliphatic rings. The van der Waals surface area contributed by atoms with Gasteiger partial charge in [-0.1, -0.05) is 151 Å². The van der Waals surface area contributed by atoms with Gasteiger partial charge in [0.1, 0.15) is 24.4 Å². The van der Waals surface area contributed by atoms with E-state index in [1.807, 2.05) is 114 Å². The summed E-state index contributed by atoms with van der Waals surface area (Å²) in [6.07, 6.45) is -2.54. The van der Waals surface area contributed by atoms with Crippen LogP contribution in [-0.4, -0.2) is 46.0 Å². The van der Waals surface area contributed by atoms with Crippen LogP contribution in [0.3, 0.4) is 0 Å². The molecular formula is C43H43N3O5S. The van der Waals surface area contributed by atoms with Crippen molar-refractivity contribution in [2.45, 2.75) is 64.0 Å². The highest BCUT2D eigenvalue weighted by atomic mass is 32.1. The number of benzene rings is 5. The van der Waals surface area contributed by atoms with Crippen molar-refractivity contribution in [1.82, 2.24) is 14.8 Å². The molecule has 0 spiro atoms. The minimum Gasteiger partial charge on any atom is -0.374 e. The Morgan fingerprint density at radius 3 is 1.63 bits per heavy atom. The maximum absolute atomic E-state index is 7.00. The number of hydrogen-bond donors (Lipinski definition) is 1. The Kier molecular flexibility index (Phi) is 12.1. The predicted molar refractivity (Wildman–Crippen MR) is 203 cm³/mol. The van der Waals surface area contributed by atoms with Gasteiger partial charge in [-0.2, -0.15) is 5.10 Å². The summed E-state index contributed by atoms with van der Waals surface area (Å²) >= 11 is 5.99. The molecule has 2 heterocycles. The molecule has 1 fully saturated rings. The van der Waals surface area contributed by atoms with Crippen molar-refractivity contribution in [3.63, 3.8) is 0 Å². The fourth-order valence-electron chi connectivity index (χ4n) is 6.47. The van der Waals surface area contributed by atoms with E-state index in [1.165, 1.54) is 0 Å². The number of H-pyrrole nitrogens is 1. The smallest absolute Gasteiger partial charge is 0.195 e. The lowest BCUT2D eigenvalue weighted by atomic mass is 9.95.